The minimum atomic E-state index is -0.943. The third-order valence-corrected chi connectivity index (χ3v) is 2.16. The maximum absolute atomic E-state index is 10.8. The van der Waals surface area contributed by atoms with E-state index < -0.39 is 5.97 Å². The largest absolute Gasteiger partial charge is 0.493 e. The quantitative estimate of drug-likeness (QED) is 0.717. The first kappa shape index (κ1) is 14.0. The van der Waals surface area contributed by atoms with Crippen LogP contribution in [0.4, 0.5) is 0 Å². The molecule has 1 rings (SSSR count). The van der Waals surface area contributed by atoms with Gasteiger partial charge >= 0.3 is 5.97 Å². The molecule has 0 aliphatic rings. The molecule has 0 saturated carbocycles. The smallest absolute Gasteiger partial charge is 0.306 e. The van der Waals surface area contributed by atoms with Gasteiger partial charge in [-0.15, -0.1) is 0 Å². The molecule has 0 aliphatic carbocycles. The summed E-state index contributed by atoms with van der Waals surface area (Å²) >= 11 is 0. The summed E-state index contributed by atoms with van der Waals surface area (Å²) < 4.78 is 10.7. The second-order valence-electron chi connectivity index (χ2n) is 3.66. The third-order valence-electron chi connectivity index (χ3n) is 2.16. The van der Waals surface area contributed by atoms with Crippen LogP contribution in [0.25, 0.3) is 0 Å². The van der Waals surface area contributed by atoms with E-state index in [1.165, 1.54) is 0 Å². The number of hydrogen-bond donors (Lipinski definition) is 1. The second kappa shape index (κ2) is 7.32. The van der Waals surface area contributed by atoms with Crippen molar-refractivity contribution in [2.24, 2.45) is 0 Å². The molecule has 0 amide bonds. The average molecular weight is 252 g/mol. The molecule has 0 atom stereocenters. The average Bonchev–Trinajstić information content (AvgIpc) is 2.36. The van der Waals surface area contributed by atoms with Gasteiger partial charge in [0.1, 0.15) is 11.5 Å². The number of carbonyl (C=O) groups excluding carboxylic acids is 1. The molecule has 1 aromatic rings. The number of hydrogen-bond acceptors (Lipinski definition) is 4. The van der Waals surface area contributed by atoms with E-state index in [0.717, 1.165) is 6.42 Å². The first-order chi connectivity index (χ1) is 8.67. The molecule has 0 fully saturated rings. The Hall–Kier alpha value is -2.04. The van der Waals surface area contributed by atoms with Gasteiger partial charge in [-0.3, -0.25) is 9.59 Å². The molecular weight excluding hydrogens is 236 g/mol. The van der Waals surface area contributed by atoms with Gasteiger partial charge in [-0.1, -0.05) is 6.92 Å². The SMILES string of the molecule is CCCOc1ccc(C=O)c(OCCC(=O)O)c1. The van der Waals surface area contributed by atoms with Crippen LogP contribution in [-0.4, -0.2) is 30.6 Å². The van der Waals surface area contributed by atoms with Gasteiger partial charge in [-0.2, -0.15) is 0 Å². The molecule has 1 N–H and O–H groups in total. The van der Waals surface area contributed by atoms with Crippen molar-refractivity contribution in [3.05, 3.63) is 23.8 Å². The Morgan fingerprint density at radius 1 is 1.33 bits per heavy atom. The van der Waals surface area contributed by atoms with E-state index >= 15 is 0 Å². The number of rotatable bonds is 8. The summed E-state index contributed by atoms with van der Waals surface area (Å²) in [5.41, 5.74) is 0.379. The number of benzene rings is 1. The number of ether oxygens (including phenoxy) is 2. The predicted octanol–water partition coefficient (Wildman–Crippen LogP) is 2.14. The molecule has 0 saturated heterocycles. The standard InChI is InChI=1S/C13H16O5/c1-2-6-17-11-4-3-10(9-14)12(8-11)18-7-5-13(15)16/h3-4,8-9H,2,5-7H2,1H3,(H,15,16). The Morgan fingerprint density at radius 2 is 2.11 bits per heavy atom. The highest BCUT2D eigenvalue weighted by Crippen LogP contribution is 2.24. The topological polar surface area (TPSA) is 72.8 Å². The Bertz CT molecular complexity index is 414. The van der Waals surface area contributed by atoms with E-state index in [4.69, 9.17) is 14.6 Å². The van der Waals surface area contributed by atoms with Crippen LogP contribution in [-0.2, 0) is 4.79 Å². The van der Waals surface area contributed by atoms with Gasteiger partial charge in [0, 0.05) is 6.07 Å². The Kier molecular flexibility index (Phi) is 5.70. The maximum Gasteiger partial charge on any atom is 0.306 e. The number of carbonyl (C=O) groups is 2. The van der Waals surface area contributed by atoms with E-state index in [0.29, 0.717) is 30.0 Å². The molecule has 1 aromatic carbocycles. The maximum atomic E-state index is 10.8. The van der Waals surface area contributed by atoms with Crippen molar-refractivity contribution in [3.8, 4) is 11.5 Å². The lowest BCUT2D eigenvalue weighted by molar-refractivity contribution is -0.137. The number of aliphatic carboxylic acids is 1. The van der Waals surface area contributed by atoms with E-state index in [1.54, 1.807) is 18.2 Å². The summed E-state index contributed by atoms with van der Waals surface area (Å²) in [6, 6.07) is 4.87. The highest BCUT2D eigenvalue weighted by molar-refractivity contribution is 5.79. The lowest BCUT2D eigenvalue weighted by Crippen LogP contribution is -2.06. The lowest BCUT2D eigenvalue weighted by Gasteiger charge is -2.10. The molecule has 0 aromatic heterocycles. The number of aldehydes is 1. The monoisotopic (exact) mass is 252 g/mol. The zero-order chi connectivity index (χ0) is 13.4. The summed E-state index contributed by atoms with van der Waals surface area (Å²) in [5.74, 6) is 0.00803. The van der Waals surface area contributed by atoms with Gasteiger partial charge in [-0.25, -0.2) is 0 Å². The molecule has 0 bridgehead atoms. The fraction of sp³-hybridized carbons (Fsp3) is 0.385. The van der Waals surface area contributed by atoms with Gasteiger partial charge in [0.05, 0.1) is 25.2 Å². The summed E-state index contributed by atoms with van der Waals surface area (Å²) in [6.07, 6.45) is 1.43. The molecule has 98 valence electrons. The van der Waals surface area contributed by atoms with E-state index in [2.05, 4.69) is 0 Å². The minimum Gasteiger partial charge on any atom is -0.493 e. The van der Waals surface area contributed by atoms with Crippen molar-refractivity contribution in [2.45, 2.75) is 19.8 Å². The molecule has 0 aliphatic heterocycles. The zero-order valence-corrected chi connectivity index (χ0v) is 10.2. The summed E-state index contributed by atoms with van der Waals surface area (Å²) in [4.78, 5) is 21.2. The van der Waals surface area contributed by atoms with Crippen LogP contribution in [0.5, 0.6) is 11.5 Å². The fourth-order valence-electron chi connectivity index (χ4n) is 1.30. The van der Waals surface area contributed by atoms with Crippen LogP contribution in [0.1, 0.15) is 30.1 Å². The van der Waals surface area contributed by atoms with Gasteiger partial charge in [0.15, 0.2) is 6.29 Å². The van der Waals surface area contributed by atoms with E-state index in [-0.39, 0.29) is 13.0 Å². The second-order valence-corrected chi connectivity index (χ2v) is 3.66. The van der Waals surface area contributed by atoms with E-state index in [1.807, 2.05) is 6.92 Å². The molecule has 0 spiro atoms. The van der Waals surface area contributed by atoms with Crippen molar-refractivity contribution >= 4 is 12.3 Å². The molecule has 0 unspecified atom stereocenters. The van der Waals surface area contributed by atoms with Crippen LogP contribution >= 0.6 is 0 Å². The normalized spacial score (nSPS) is 9.83. The lowest BCUT2D eigenvalue weighted by atomic mass is 10.2. The summed E-state index contributed by atoms with van der Waals surface area (Å²) in [5, 5.41) is 8.51. The third kappa shape index (κ3) is 4.45. The zero-order valence-electron chi connectivity index (χ0n) is 10.2. The highest BCUT2D eigenvalue weighted by atomic mass is 16.5. The van der Waals surface area contributed by atoms with Crippen LogP contribution < -0.4 is 9.47 Å². The Labute approximate surface area is 105 Å². The van der Waals surface area contributed by atoms with Crippen molar-refractivity contribution in [1.82, 2.24) is 0 Å². The van der Waals surface area contributed by atoms with Crippen LogP contribution in [0.2, 0.25) is 0 Å². The molecule has 18 heavy (non-hydrogen) atoms. The van der Waals surface area contributed by atoms with Crippen LogP contribution in [0.15, 0.2) is 18.2 Å². The number of carboxylic acids is 1. The minimum absolute atomic E-state index is 0.0212. The molecule has 5 heteroatoms. The Balaban J connectivity index is 2.71. The molecule has 0 heterocycles. The number of carboxylic acid groups (broad SMARTS) is 1. The van der Waals surface area contributed by atoms with Gasteiger partial charge in [-0.05, 0) is 18.6 Å². The van der Waals surface area contributed by atoms with E-state index in [9.17, 15) is 9.59 Å². The first-order valence-electron chi connectivity index (χ1n) is 5.74. The summed E-state index contributed by atoms with van der Waals surface area (Å²) in [6.45, 7) is 2.59. The molecule has 5 nitrogen and oxygen atoms in total. The highest BCUT2D eigenvalue weighted by Gasteiger charge is 2.06. The predicted molar refractivity (Wildman–Crippen MR) is 65.4 cm³/mol. The fourth-order valence-corrected chi connectivity index (χ4v) is 1.30. The first-order valence-corrected chi connectivity index (χ1v) is 5.74. The van der Waals surface area contributed by atoms with Crippen LogP contribution in [0, 0.1) is 0 Å². The van der Waals surface area contributed by atoms with Gasteiger partial charge < -0.3 is 14.6 Å². The van der Waals surface area contributed by atoms with Crippen molar-refractivity contribution in [3.63, 3.8) is 0 Å². The van der Waals surface area contributed by atoms with Crippen molar-refractivity contribution < 1.29 is 24.2 Å². The van der Waals surface area contributed by atoms with Crippen molar-refractivity contribution in [2.75, 3.05) is 13.2 Å². The van der Waals surface area contributed by atoms with Gasteiger partial charge in [0.2, 0.25) is 0 Å². The Morgan fingerprint density at radius 3 is 2.72 bits per heavy atom. The van der Waals surface area contributed by atoms with Crippen LogP contribution in [0.3, 0.4) is 0 Å². The summed E-state index contributed by atoms with van der Waals surface area (Å²) in [7, 11) is 0. The van der Waals surface area contributed by atoms with Crippen molar-refractivity contribution in [1.29, 1.82) is 0 Å². The van der Waals surface area contributed by atoms with Gasteiger partial charge in [0.25, 0.3) is 0 Å². The molecule has 0 radical (unpaired) electrons. The molecular formula is C13H16O5.